The molecule has 2 aliphatic carbocycles. The number of amides is 1. The van der Waals surface area contributed by atoms with E-state index in [0.29, 0.717) is 18.4 Å². The van der Waals surface area contributed by atoms with Crippen LogP contribution >= 0.6 is 0 Å². The van der Waals surface area contributed by atoms with Gasteiger partial charge in [0.05, 0.1) is 24.2 Å². The molecule has 10 atom stereocenters. The number of nitrogens with one attached hydrogen (secondary N) is 1. The molecule has 1 amide bonds. The first-order valence-electron chi connectivity index (χ1n) is 20.3. The van der Waals surface area contributed by atoms with Crippen LogP contribution in [-0.2, 0) is 42.9 Å². The number of carbonyl (C=O) groups is 5. The van der Waals surface area contributed by atoms with Crippen LogP contribution in [0.5, 0.6) is 0 Å². The van der Waals surface area contributed by atoms with E-state index in [1.807, 2.05) is 0 Å². The van der Waals surface area contributed by atoms with Gasteiger partial charge in [-0.05, 0) is 50.3 Å². The Kier molecular flexibility index (Phi) is 13.8. The first-order chi connectivity index (χ1) is 26.8. The summed E-state index contributed by atoms with van der Waals surface area (Å²) in [5.41, 5.74) is -5.79. The van der Waals surface area contributed by atoms with Gasteiger partial charge in [0.15, 0.2) is 17.5 Å². The summed E-state index contributed by atoms with van der Waals surface area (Å²) in [7, 11) is 0. The Bertz CT molecular complexity index is 1690. The summed E-state index contributed by atoms with van der Waals surface area (Å²) in [5, 5.41) is 50.7. The Morgan fingerprint density at radius 1 is 0.930 bits per heavy atom. The second-order valence-corrected chi connectivity index (χ2v) is 17.4. The summed E-state index contributed by atoms with van der Waals surface area (Å²) in [5.74, 6) is -3.45. The largest absolute Gasteiger partial charge is 0.460 e. The number of carbonyl (C=O) groups excluding carboxylic acids is 5. The summed E-state index contributed by atoms with van der Waals surface area (Å²) in [6, 6.07) is 7.31. The van der Waals surface area contributed by atoms with Crippen LogP contribution in [0.1, 0.15) is 130 Å². The van der Waals surface area contributed by atoms with Crippen molar-refractivity contribution in [2.24, 2.45) is 10.8 Å². The number of benzene rings is 1. The number of ketones is 1. The van der Waals surface area contributed by atoms with Gasteiger partial charge in [0.1, 0.15) is 30.0 Å². The van der Waals surface area contributed by atoms with E-state index in [1.165, 1.54) is 20.8 Å². The van der Waals surface area contributed by atoms with Crippen molar-refractivity contribution < 1.29 is 63.3 Å². The SMILES string of the molecule is CC(=O)O[C@@]12CO[C@@H]1C[C@H](O)[C@@](C)(C(=O)[C@H](O)C1=C(C)C3C[C@@](O)([C@H](C)OC(=O)CCCCCCCCCC(=O)N[C@@H](c4ccccc4)[C@@H](O)C(=O)O3)C1(C)C)C2. The van der Waals surface area contributed by atoms with Gasteiger partial charge in [0.25, 0.3) is 0 Å². The zero-order chi connectivity index (χ0) is 41.9. The number of hydrogen-bond acceptors (Lipinski definition) is 13. The molecule has 2 bridgehead atoms. The van der Waals surface area contributed by atoms with Crippen LogP contribution in [0.2, 0.25) is 0 Å². The summed E-state index contributed by atoms with van der Waals surface area (Å²) in [6.45, 7) is 8.96. The average Bonchev–Trinajstić information content (AvgIpc) is 3.15. The molecule has 1 saturated carbocycles. The van der Waals surface area contributed by atoms with Gasteiger partial charge in [-0.3, -0.25) is 19.2 Å². The number of aliphatic hydroxyl groups excluding tert-OH is 3. The van der Waals surface area contributed by atoms with Gasteiger partial charge >= 0.3 is 17.9 Å². The van der Waals surface area contributed by atoms with Crippen LogP contribution in [-0.4, -0.2) is 104 Å². The molecule has 14 nitrogen and oxygen atoms in total. The zero-order valence-electron chi connectivity index (χ0n) is 34.1. The van der Waals surface area contributed by atoms with Crippen molar-refractivity contribution in [1.29, 1.82) is 0 Å². The molecule has 1 unspecified atom stereocenters. The van der Waals surface area contributed by atoms with Crippen molar-refractivity contribution in [2.75, 3.05) is 6.61 Å². The maximum atomic E-state index is 14.7. The predicted molar refractivity (Wildman–Crippen MR) is 205 cm³/mol. The summed E-state index contributed by atoms with van der Waals surface area (Å²) >= 11 is 0. The number of hydrogen-bond donors (Lipinski definition) is 5. The Balaban J connectivity index is 1.54. The number of cyclic esters (lactones) is 1. The summed E-state index contributed by atoms with van der Waals surface area (Å²) < 4.78 is 23.1. The minimum Gasteiger partial charge on any atom is -0.460 e. The third-order valence-corrected chi connectivity index (χ3v) is 13.1. The molecular weight excluding hydrogens is 738 g/mol. The smallest absolute Gasteiger partial charge is 0.338 e. The van der Waals surface area contributed by atoms with E-state index in [-0.39, 0.29) is 55.8 Å². The lowest BCUT2D eigenvalue weighted by molar-refractivity contribution is -0.291. The molecule has 57 heavy (non-hydrogen) atoms. The molecule has 2 heterocycles. The van der Waals surface area contributed by atoms with Crippen LogP contribution in [0.3, 0.4) is 0 Å². The first kappa shape index (κ1) is 44.4. The molecule has 1 aromatic carbocycles. The summed E-state index contributed by atoms with van der Waals surface area (Å²) in [6.07, 6.45) is -3.22. The van der Waals surface area contributed by atoms with Crippen molar-refractivity contribution in [3.8, 4) is 0 Å². The Hall–Kier alpha value is -3.69. The monoisotopic (exact) mass is 799 g/mol. The lowest BCUT2D eigenvalue weighted by Crippen LogP contribution is -2.70. The van der Waals surface area contributed by atoms with Crippen molar-refractivity contribution in [1.82, 2.24) is 5.32 Å². The van der Waals surface area contributed by atoms with E-state index >= 15 is 0 Å². The molecule has 0 spiro atoms. The Labute approximate surface area is 334 Å². The molecule has 5 rings (SSSR count). The highest BCUT2D eigenvalue weighted by molar-refractivity contribution is 5.92. The average molecular weight is 800 g/mol. The molecule has 4 aliphatic rings. The first-order valence-corrected chi connectivity index (χ1v) is 20.3. The fourth-order valence-electron chi connectivity index (χ4n) is 9.49. The van der Waals surface area contributed by atoms with Gasteiger partial charge in [0, 0.05) is 44.4 Å². The minimum absolute atomic E-state index is 0.00354. The molecule has 316 valence electrons. The molecule has 14 heteroatoms. The van der Waals surface area contributed by atoms with Gasteiger partial charge < -0.3 is 44.7 Å². The van der Waals surface area contributed by atoms with E-state index in [2.05, 4.69) is 5.32 Å². The van der Waals surface area contributed by atoms with Crippen molar-refractivity contribution >= 4 is 29.6 Å². The molecule has 0 radical (unpaired) electrons. The van der Waals surface area contributed by atoms with E-state index in [4.69, 9.17) is 18.9 Å². The maximum absolute atomic E-state index is 14.7. The second kappa shape index (κ2) is 17.7. The quantitative estimate of drug-likeness (QED) is 0.163. The fraction of sp³-hybridized carbons (Fsp3) is 0.698. The number of rotatable bonds is 5. The standard InChI is InChI=1S/C43H61NO13/c1-25-29-22-43(53,40(4,5)34(25)36(49)38(51)41(6)23-42(57-27(3)45)24-54-31(42)21-30(41)46)26(2)55-33(48)20-16-11-9-7-8-10-15-19-32(47)44-35(37(50)39(52)56-29)28-17-13-12-14-18-28/h12-14,17-18,26,29-31,35-37,46,49-50,53H,7-11,15-16,19-24H2,1-6H3,(H,44,47)/t26-,29?,30-,31+,35-,36+,37+,41-,42-,43+/m0/s1. The second-order valence-electron chi connectivity index (χ2n) is 17.4. The van der Waals surface area contributed by atoms with Gasteiger partial charge in [-0.1, -0.05) is 76.3 Å². The van der Waals surface area contributed by atoms with Crippen LogP contribution < -0.4 is 5.32 Å². The van der Waals surface area contributed by atoms with Gasteiger partial charge in [-0.25, -0.2) is 4.79 Å². The third-order valence-electron chi connectivity index (χ3n) is 13.1. The van der Waals surface area contributed by atoms with E-state index in [1.54, 1.807) is 51.1 Å². The number of esters is 3. The van der Waals surface area contributed by atoms with Crippen molar-refractivity contribution in [3.05, 3.63) is 47.0 Å². The Morgan fingerprint density at radius 2 is 1.54 bits per heavy atom. The molecule has 5 N–H and O–H groups in total. The van der Waals surface area contributed by atoms with Crippen LogP contribution in [0.4, 0.5) is 0 Å². The number of aliphatic hydroxyl groups is 4. The van der Waals surface area contributed by atoms with E-state index < -0.39 is 88.4 Å². The maximum Gasteiger partial charge on any atom is 0.338 e. The highest BCUT2D eigenvalue weighted by Gasteiger charge is 2.65. The molecular formula is C43H61NO13. The molecule has 2 saturated heterocycles. The van der Waals surface area contributed by atoms with Gasteiger partial charge in [-0.2, -0.15) is 0 Å². The number of fused-ring (bicyclic) bond motifs is 3. The van der Waals surface area contributed by atoms with Gasteiger partial charge in [0.2, 0.25) is 5.91 Å². The third kappa shape index (κ3) is 9.00. The molecule has 1 aromatic rings. The highest BCUT2D eigenvalue weighted by Crippen LogP contribution is 2.55. The van der Waals surface area contributed by atoms with E-state index in [9.17, 15) is 44.4 Å². The van der Waals surface area contributed by atoms with Gasteiger partial charge in [-0.15, -0.1) is 0 Å². The van der Waals surface area contributed by atoms with Crippen LogP contribution in [0.25, 0.3) is 0 Å². The fourth-order valence-corrected chi connectivity index (χ4v) is 9.49. The summed E-state index contributed by atoms with van der Waals surface area (Å²) in [4.78, 5) is 67.1. The molecule has 0 aromatic heterocycles. The minimum atomic E-state index is -2.06. The molecule has 2 aliphatic heterocycles. The van der Waals surface area contributed by atoms with Crippen LogP contribution in [0, 0.1) is 10.8 Å². The van der Waals surface area contributed by atoms with Crippen LogP contribution in [0.15, 0.2) is 41.5 Å². The predicted octanol–water partition coefficient (Wildman–Crippen LogP) is 3.84. The number of ether oxygens (including phenoxy) is 4. The normalized spacial score (nSPS) is 36.5. The lowest BCUT2D eigenvalue weighted by Gasteiger charge is -2.57. The van der Waals surface area contributed by atoms with E-state index in [0.717, 1.165) is 32.1 Å². The number of Topliss-reactive ketones (excluding diaryl/α,β-unsaturated/α-hetero) is 1. The highest BCUT2D eigenvalue weighted by atomic mass is 16.6. The van der Waals surface area contributed by atoms with Crippen molar-refractivity contribution in [2.45, 2.75) is 172 Å². The lowest BCUT2D eigenvalue weighted by atomic mass is 9.55. The van der Waals surface area contributed by atoms with Crippen molar-refractivity contribution in [3.63, 3.8) is 0 Å². The molecule has 3 fully saturated rings. The Morgan fingerprint density at radius 3 is 2.14 bits per heavy atom. The topological polar surface area (TPSA) is 215 Å². The zero-order valence-corrected chi connectivity index (χ0v) is 34.1.